The summed E-state index contributed by atoms with van der Waals surface area (Å²) in [6, 6.07) is 0. The average molecular weight is 101 g/mol. The lowest BCUT2D eigenvalue weighted by Crippen LogP contribution is -1.91. The summed E-state index contributed by atoms with van der Waals surface area (Å²) in [5.41, 5.74) is 2.58. The Kier molecular flexibility index (Phi) is 2.67. The molecule has 0 heterocycles. The lowest BCUT2D eigenvalue weighted by molar-refractivity contribution is 0.863. The molecule has 0 aliphatic carbocycles. The lowest BCUT2D eigenvalue weighted by Gasteiger charge is -1.77. The molecule has 0 aromatic rings. The zero-order valence-corrected chi connectivity index (χ0v) is 4.45. The highest BCUT2D eigenvalue weighted by Gasteiger charge is 1.92. The van der Waals surface area contributed by atoms with Crippen LogP contribution in [-0.4, -0.2) is 9.13 Å². The fraction of sp³-hybridized carbons (Fsp3) is 0. The van der Waals surface area contributed by atoms with Gasteiger partial charge in [-0.25, -0.2) is 0 Å². The Bertz CT molecular complexity index is 52.6. The van der Waals surface area contributed by atoms with E-state index in [4.69, 9.17) is 0 Å². The van der Waals surface area contributed by atoms with Crippen LogP contribution in [0.25, 0.3) is 0 Å². The second kappa shape index (κ2) is 2.84. The maximum absolute atomic E-state index is 11.7. The van der Waals surface area contributed by atoms with Crippen LogP contribution in [-0.2, 0) is 0 Å². The molecular formula is C4H6FSi. The molecule has 0 nitrogen and oxygen atoms in total. The maximum atomic E-state index is 11.7. The van der Waals surface area contributed by atoms with Gasteiger partial charge in [0, 0.05) is 0 Å². The van der Waals surface area contributed by atoms with Crippen molar-refractivity contribution in [2.75, 3.05) is 0 Å². The molecule has 0 rings (SSSR count). The van der Waals surface area contributed by atoms with Crippen molar-refractivity contribution < 1.29 is 4.11 Å². The van der Waals surface area contributed by atoms with Gasteiger partial charge in [-0.2, -0.15) is 0 Å². The Morgan fingerprint density at radius 1 is 1.33 bits per heavy atom. The van der Waals surface area contributed by atoms with Crippen molar-refractivity contribution in [2.45, 2.75) is 0 Å². The van der Waals surface area contributed by atoms with Crippen molar-refractivity contribution in [1.82, 2.24) is 0 Å². The number of hydrogen-bond donors (Lipinski definition) is 0. The third-order valence-corrected chi connectivity index (χ3v) is 1.17. The van der Waals surface area contributed by atoms with Crippen molar-refractivity contribution in [2.24, 2.45) is 0 Å². The van der Waals surface area contributed by atoms with E-state index >= 15 is 0 Å². The van der Waals surface area contributed by atoms with Crippen LogP contribution in [0, 0.1) is 0 Å². The van der Waals surface area contributed by atoms with Crippen molar-refractivity contribution >= 4 is 9.13 Å². The van der Waals surface area contributed by atoms with E-state index in [1.165, 1.54) is 11.4 Å². The zero-order chi connectivity index (χ0) is 4.99. The SMILES string of the molecule is C=C[Si](F)C=C. The first-order valence-corrected chi connectivity index (χ1v) is 3.12. The fourth-order valence-electron chi connectivity index (χ4n) is 0.0833. The Hall–Kier alpha value is -0.373. The van der Waals surface area contributed by atoms with Gasteiger partial charge < -0.3 is 4.11 Å². The summed E-state index contributed by atoms with van der Waals surface area (Å²) in [6.07, 6.45) is 0. The highest BCUT2D eigenvalue weighted by molar-refractivity contribution is 6.62. The van der Waals surface area contributed by atoms with E-state index in [1.54, 1.807) is 0 Å². The van der Waals surface area contributed by atoms with Gasteiger partial charge in [0.2, 0.25) is 0 Å². The fourth-order valence-corrected chi connectivity index (χ4v) is 0.250. The molecule has 0 unspecified atom stereocenters. The van der Waals surface area contributed by atoms with Gasteiger partial charge in [-0.15, -0.1) is 13.2 Å². The summed E-state index contributed by atoms with van der Waals surface area (Å²) in [5, 5.41) is 0. The molecule has 2 heteroatoms. The smallest absolute Gasteiger partial charge is 0.303 e. The molecule has 0 N–H and O–H groups in total. The van der Waals surface area contributed by atoms with Crippen LogP contribution >= 0.6 is 0 Å². The average Bonchev–Trinajstić information content (AvgIpc) is 1.65. The Balaban J connectivity index is 3.21. The van der Waals surface area contributed by atoms with Gasteiger partial charge in [-0.1, -0.05) is 11.4 Å². The van der Waals surface area contributed by atoms with Crippen molar-refractivity contribution in [1.29, 1.82) is 0 Å². The third-order valence-electron chi connectivity index (χ3n) is 0.390. The monoisotopic (exact) mass is 101 g/mol. The number of hydrogen-bond acceptors (Lipinski definition) is 0. The molecule has 0 saturated heterocycles. The van der Waals surface area contributed by atoms with E-state index in [-0.39, 0.29) is 0 Å². The number of halogens is 1. The molecule has 1 radical (unpaired) electrons. The molecular weight excluding hydrogens is 95.1 g/mol. The van der Waals surface area contributed by atoms with E-state index in [1.807, 2.05) is 0 Å². The molecule has 0 atom stereocenters. The van der Waals surface area contributed by atoms with Crippen LogP contribution in [0.3, 0.4) is 0 Å². The van der Waals surface area contributed by atoms with Gasteiger partial charge in [-0.3, -0.25) is 0 Å². The van der Waals surface area contributed by atoms with Gasteiger partial charge in [0.15, 0.2) is 0 Å². The first kappa shape index (κ1) is 5.63. The van der Waals surface area contributed by atoms with Crippen molar-refractivity contribution in [3.63, 3.8) is 0 Å². The van der Waals surface area contributed by atoms with Gasteiger partial charge in [0.05, 0.1) is 0 Å². The standard InChI is InChI=1S/C4H6FSi/c1-3-6(5)4-2/h3-4H,1-2H2. The molecule has 33 valence electrons. The minimum Gasteiger partial charge on any atom is -0.303 e. The summed E-state index contributed by atoms with van der Waals surface area (Å²) in [4.78, 5) is 0. The predicted octanol–water partition coefficient (Wildman–Crippen LogP) is 1.40. The van der Waals surface area contributed by atoms with E-state index in [0.717, 1.165) is 0 Å². The molecule has 0 amide bonds. The normalized spacial score (nSPS) is 8.33. The summed E-state index contributed by atoms with van der Waals surface area (Å²) in [6.45, 7) is 6.46. The summed E-state index contributed by atoms with van der Waals surface area (Å²) in [5.74, 6) is 0. The third kappa shape index (κ3) is 1.90. The van der Waals surface area contributed by atoms with Crippen LogP contribution in [0.15, 0.2) is 24.6 Å². The Morgan fingerprint density at radius 3 is 1.67 bits per heavy atom. The van der Waals surface area contributed by atoms with Crippen molar-refractivity contribution in [3.05, 3.63) is 24.6 Å². The molecule has 0 bridgehead atoms. The summed E-state index contributed by atoms with van der Waals surface area (Å²) < 4.78 is 11.7. The second-order valence-electron chi connectivity index (χ2n) is 0.793. The van der Waals surface area contributed by atoms with Crippen LogP contribution in [0.5, 0.6) is 0 Å². The molecule has 0 aliphatic heterocycles. The van der Waals surface area contributed by atoms with E-state index in [9.17, 15) is 4.11 Å². The first-order valence-electron chi connectivity index (χ1n) is 1.58. The lowest BCUT2D eigenvalue weighted by atomic mass is 11.2. The predicted molar refractivity (Wildman–Crippen MR) is 27.3 cm³/mol. The highest BCUT2D eigenvalue weighted by atomic mass is 28.3. The Labute approximate surface area is 38.8 Å². The minimum absolute atomic E-state index is 1.29. The van der Waals surface area contributed by atoms with E-state index in [0.29, 0.717) is 0 Å². The highest BCUT2D eigenvalue weighted by Crippen LogP contribution is 1.81. The first-order chi connectivity index (χ1) is 2.81. The zero-order valence-electron chi connectivity index (χ0n) is 3.45. The second-order valence-corrected chi connectivity index (χ2v) is 2.38. The molecule has 0 aromatic carbocycles. The van der Waals surface area contributed by atoms with E-state index < -0.39 is 9.13 Å². The quantitative estimate of drug-likeness (QED) is 0.364. The van der Waals surface area contributed by atoms with E-state index in [2.05, 4.69) is 13.2 Å². The van der Waals surface area contributed by atoms with Gasteiger partial charge >= 0.3 is 9.13 Å². The minimum atomic E-state index is -1.84. The molecule has 0 saturated carbocycles. The van der Waals surface area contributed by atoms with Gasteiger partial charge in [-0.05, 0) is 0 Å². The van der Waals surface area contributed by atoms with Crippen LogP contribution in [0.4, 0.5) is 4.11 Å². The molecule has 0 aliphatic rings. The van der Waals surface area contributed by atoms with Crippen molar-refractivity contribution in [3.8, 4) is 0 Å². The van der Waals surface area contributed by atoms with Crippen LogP contribution in [0.1, 0.15) is 0 Å². The maximum Gasteiger partial charge on any atom is 0.324 e. The molecule has 0 spiro atoms. The summed E-state index contributed by atoms with van der Waals surface area (Å²) in [7, 11) is -1.84. The van der Waals surface area contributed by atoms with Crippen LogP contribution in [0.2, 0.25) is 0 Å². The molecule has 0 fully saturated rings. The molecule has 6 heavy (non-hydrogen) atoms. The Morgan fingerprint density at radius 2 is 1.67 bits per heavy atom. The summed E-state index contributed by atoms with van der Waals surface area (Å²) >= 11 is 0. The number of rotatable bonds is 2. The molecule has 0 aromatic heterocycles. The van der Waals surface area contributed by atoms with Gasteiger partial charge in [0.1, 0.15) is 0 Å². The van der Waals surface area contributed by atoms with Gasteiger partial charge in [0.25, 0.3) is 0 Å². The largest absolute Gasteiger partial charge is 0.324 e. The topological polar surface area (TPSA) is 0 Å². The van der Waals surface area contributed by atoms with Crippen LogP contribution < -0.4 is 0 Å².